The lowest BCUT2D eigenvalue weighted by Crippen LogP contribution is -2.48. The van der Waals surface area contributed by atoms with E-state index in [2.05, 4.69) is 15.6 Å². The molecule has 2 aromatic heterocycles. The summed E-state index contributed by atoms with van der Waals surface area (Å²) in [7, 11) is 0. The topological polar surface area (TPSA) is 91.4 Å². The van der Waals surface area contributed by atoms with Gasteiger partial charge in [-0.1, -0.05) is 19.9 Å². The van der Waals surface area contributed by atoms with Crippen molar-refractivity contribution in [3.8, 4) is 0 Å². The van der Waals surface area contributed by atoms with Crippen LogP contribution in [0.15, 0.2) is 22.9 Å². The predicted molar refractivity (Wildman–Crippen MR) is 114 cm³/mol. The highest BCUT2D eigenvalue weighted by Crippen LogP contribution is 2.23. The van der Waals surface area contributed by atoms with Crippen LogP contribution in [0.25, 0.3) is 0 Å². The minimum atomic E-state index is -0.437. The fraction of sp³-hybridized carbons (Fsp3) is 0.444. The van der Waals surface area contributed by atoms with Gasteiger partial charge in [0.1, 0.15) is 6.04 Å². The van der Waals surface area contributed by atoms with Gasteiger partial charge in [0.05, 0.1) is 22.9 Å². The third kappa shape index (κ3) is 5.33. The van der Waals surface area contributed by atoms with Crippen molar-refractivity contribution in [3.05, 3.63) is 33.5 Å². The van der Waals surface area contributed by atoms with Crippen LogP contribution in [0, 0.1) is 5.92 Å². The predicted octanol–water partition coefficient (Wildman–Crippen LogP) is 2.67. The van der Waals surface area contributed by atoms with E-state index in [1.165, 1.54) is 22.7 Å². The summed E-state index contributed by atoms with van der Waals surface area (Å²) in [6.45, 7) is 4.66. The highest BCUT2D eigenvalue weighted by atomic mass is 32.2. The zero-order chi connectivity index (χ0) is 20.1. The lowest BCUT2D eigenvalue weighted by Gasteiger charge is -2.23. The van der Waals surface area contributed by atoms with E-state index in [-0.39, 0.29) is 24.1 Å². The molecule has 1 fully saturated rings. The van der Waals surface area contributed by atoms with Crippen molar-refractivity contribution in [1.82, 2.24) is 15.2 Å². The van der Waals surface area contributed by atoms with E-state index in [1.54, 1.807) is 28.1 Å². The second-order valence-corrected chi connectivity index (χ2v) is 9.58. The summed E-state index contributed by atoms with van der Waals surface area (Å²) >= 11 is 4.22. The average molecular weight is 439 g/mol. The highest BCUT2D eigenvalue weighted by Gasteiger charge is 2.34. The molecule has 1 aliphatic heterocycles. The molecule has 0 radical (unpaired) electrons. The summed E-state index contributed by atoms with van der Waals surface area (Å²) < 4.78 is 0. The van der Waals surface area contributed by atoms with Crippen molar-refractivity contribution in [1.29, 1.82) is 0 Å². The number of anilines is 1. The van der Waals surface area contributed by atoms with Crippen LogP contribution in [0.3, 0.4) is 0 Å². The summed E-state index contributed by atoms with van der Waals surface area (Å²) in [5.41, 5.74) is 0.592. The highest BCUT2D eigenvalue weighted by molar-refractivity contribution is 7.99. The number of hydrogen-bond acceptors (Lipinski definition) is 7. The largest absolute Gasteiger partial charge is 0.354 e. The lowest BCUT2D eigenvalue weighted by atomic mass is 10.2. The van der Waals surface area contributed by atoms with E-state index in [0.717, 1.165) is 0 Å². The lowest BCUT2D eigenvalue weighted by molar-refractivity contribution is -0.137. The molecule has 0 aromatic carbocycles. The monoisotopic (exact) mass is 438 g/mol. The second-order valence-electron chi connectivity index (χ2n) is 6.77. The van der Waals surface area contributed by atoms with E-state index in [4.69, 9.17) is 0 Å². The molecular weight excluding hydrogens is 416 g/mol. The van der Waals surface area contributed by atoms with Crippen LogP contribution in [0.4, 0.5) is 5.13 Å². The number of rotatable bonds is 7. The maximum Gasteiger partial charge on any atom is 0.267 e. The number of thiophene rings is 1. The molecule has 0 bridgehead atoms. The Morgan fingerprint density at radius 2 is 2.14 bits per heavy atom. The summed E-state index contributed by atoms with van der Waals surface area (Å²) in [4.78, 5) is 43.7. The Morgan fingerprint density at radius 1 is 1.32 bits per heavy atom. The molecular formula is C18H22N4O3S3. The Morgan fingerprint density at radius 3 is 2.86 bits per heavy atom. The van der Waals surface area contributed by atoms with Crippen molar-refractivity contribution in [2.75, 3.05) is 23.5 Å². The van der Waals surface area contributed by atoms with Crippen LogP contribution in [0.1, 0.15) is 29.2 Å². The molecule has 1 atom stereocenters. The number of hydrogen-bond donors (Lipinski definition) is 2. The number of aromatic nitrogens is 1. The first kappa shape index (κ1) is 20.8. The third-order valence-corrected chi connectivity index (χ3v) is 6.73. The maximum atomic E-state index is 12.7. The summed E-state index contributed by atoms with van der Waals surface area (Å²) in [6.07, 6.45) is 0.111. The SMILES string of the molecule is CC(C)CNC(=O)[C@H]1CSCN1C(=O)Cc1csc(NC(=O)c2cccs2)n1. The van der Waals surface area contributed by atoms with Crippen molar-refractivity contribution in [3.63, 3.8) is 0 Å². The molecule has 28 heavy (non-hydrogen) atoms. The van der Waals surface area contributed by atoms with Crippen LogP contribution in [0.2, 0.25) is 0 Å². The standard InChI is InChI=1S/C18H22N4O3S3/c1-11(2)7-19-16(24)13-9-26-10-22(13)15(23)6-12-8-28-18(20-12)21-17(25)14-4-3-5-27-14/h3-5,8,11,13H,6-7,9-10H2,1-2H3,(H,19,24)(H,20,21,25)/t13-/m1/s1. The van der Waals surface area contributed by atoms with Gasteiger partial charge in [-0.15, -0.1) is 34.4 Å². The van der Waals surface area contributed by atoms with E-state index >= 15 is 0 Å². The van der Waals surface area contributed by atoms with Gasteiger partial charge in [0.2, 0.25) is 11.8 Å². The van der Waals surface area contributed by atoms with Gasteiger partial charge < -0.3 is 10.2 Å². The van der Waals surface area contributed by atoms with Gasteiger partial charge in [0.25, 0.3) is 5.91 Å². The number of nitrogens with zero attached hydrogens (tertiary/aromatic N) is 2. The Kier molecular flexibility index (Phi) is 7.08. The van der Waals surface area contributed by atoms with Crippen LogP contribution >= 0.6 is 34.4 Å². The van der Waals surface area contributed by atoms with E-state index in [0.29, 0.717) is 39.8 Å². The fourth-order valence-corrected chi connectivity index (χ4v) is 5.10. The van der Waals surface area contributed by atoms with Gasteiger partial charge in [0.15, 0.2) is 5.13 Å². The molecule has 1 saturated heterocycles. The molecule has 2 N–H and O–H groups in total. The molecule has 0 saturated carbocycles. The molecule has 3 amide bonds. The summed E-state index contributed by atoms with van der Waals surface area (Å²) in [6, 6.07) is 3.12. The second kappa shape index (κ2) is 9.53. The van der Waals surface area contributed by atoms with Gasteiger partial charge in [0, 0.05) is 17.7 Å². The van der Waals surface area contributed by atoms with Crippen molar-refractivity contribution in [2.45, 2.75) is 26.3 Å². The first-order valence-electron chi connectivity index (χ1n) is 8.88. The third-order valence-electron chi connectivity index (χ3n) is 4.04. The molecule has 0 unspecified atom stereocenters. The van der Waals surface area contributed by atoms with E-state index in [1.807, 2.05) is 25.3 Å². The van der Waals surface area contributed by atoms with E-state index < -0.39 is 6.04 Å². The Labute approximate surface area is 175 Å². The van der Waals surface area contributed by atoms with Crippen LogP contribution in [-0.2, 0) is 16.0 Å². The van der Waals surface area contributed by atoms with Crippen LogP contribution in [0.5, 0.6) is 0 Å². The Bertz CT molecular complexity index is 835. The number of carbonyl (C=O) groups is 3. The molecule has 3 rings (SSSR count). The number of nitrogens with one attached hydrogen (secondary N) is 2. The summed E-state index contributed by atoms with van der Waals surface area (Å²) in [5.74, 6) is 1.03. The van der Waals surface area contributed by atoms with E-state index in [9.17, 15) is 14.4 Å². The smallest absolute Gasteiger partial charge is 0.267 e. The minimum absolute atomic E-state index is 0.103. The number of thioether (sulfide) groups is 1. The van der Waals surface area contributed by atoms with Crippen LogP contribution in [-0.4, -0.2) is 51.8 Å². The fourth-order valence-electron chi connectivity index (χ4n) is 2.60. The average Bonchev–Trinajstić information content (AvgIpc) is 3.40. The zero-order valence-electron chi connectivity index (χ0n) is 15.6. The van der Waals surface area contributed by atoms with Gasteiger partial charge in [-0.2, -0.15) is 0 Å². The molecule has 0 aliphatic carbocycles. The molecule has 150 valence electrons. The normalized spacial score (nSPS) is 16.4. The van der Waals surface area contributed by atoms with Crippen molar-refractivity contribution in [2.24, 2.45) is 5.92 Å². The van der Waals surface area contributed by atoms with Crippen LogP contribution < -0.4 is 10.6 Å². The molecule has 3 heterocycles. The van der Waals surface area contributed by atoms with Gasteiger partial charge in [-0.25, -0.2) is 4.98 Å². The van der Waals surface area contributed by atoms with Gasteiger partial charge in [-0.05, 0) is 17.4 Å². The molecule has 10 heteroatoms. The molecule has 2 aromatic rings. The number of carbonyl (C=O) groups excluding carboxylic acids is 3. The number of thiazole rings is 1. The molecule has 1 aliphatic rings. The first-order valence-corrected chi connectivity index (χ1v) is 11.8. The van der Waals surface area contributed by atoms with Crippen molar-refractivity contribution < 1.29 is 14.4 Å². The molecule has 7 nitrogen and oxygen atoms in total. The summed E-state index contributed by atoms with van der Waals surface area (Å²) in [5, 5.41) is 9.71. The maximum absolute atomic E-state index is 12.7. The quantitative estimate of drug-likeness (QED) is 0.694. The Hall–Kier alpha value is -1.91. The van der Waals surface area contributed by atoms with Crippen molar-refractivity contribution >= 4 is 57.3 Å². The first-order chi connectivity index (χ1) is 13.4. The van der Waals surface area contributed by atoms with Gasteiger partial charge >= 0.3 is 0 Å². The Balaban J connectivity index is 1.56. The van der Waals surface area contributed by atoms with Gasteiger partial charge in [-0.3, -0.25) is 19.7 Å². The minimum Gasteiger partial charge on any atom is -0.354 e. The number of amides is 3. The zero-order valence-corrected chi connectivity index (χ0v) is 18.1. The molecule has 0 spiro atoms.